The summed E-state index contributed by atoms with van der Waals surface area (Å²) in [5.41, 5.74) is 2.60. The van der Waals surface area contributed by atoms with E-state index in [4.69, 9.17) is 0 Å². The van der Waals surface area contributed by atoms with Crippen molar-refractivity contribution in [1.82, 2.24) is 25.3 Å². The molecule has 3 heterocycles. The molecule has 2 aromatic heterocycles. The average molecular weight is 375 g/mol. The summed E-state index contributed by atoms with van der Waals surface area (Å²) in [4.78, 5) is 2.33. The number of aromatic amines is 2. The number of likely N-dealkylation sites (tertiary alicyclic amines) is 1. The van der Waals surface area contributed by atoms with E-state index in [9.17, 15) is 13.2 Å². The first-order valence-electron chi connectivity index (χ1n) is 8.92. The van der Waals surface area contributed by atoms with Gasteiger partial charge in [0.2, 0.25) is 0 Å². The van der Waals surface area contributed by atoms with Crippen LogP contribution in [0.15, 0.2) is 42.7 Å². The van der Waals surface area contributed by atoms with E-state index < -0.39 is 11.7 Å². The Morgan fingerprint density at radius 2 is 2.04 bits per heavy atom. The molecule has 0 saturated carbocycles. The van der Waals surface area contributed by atoms with Crippen molar-refractivity contribution in [3.8, 4) is 11.1 Å². The minimum absolute atomic E-state index is 0.203. The van der Waals surface area contributed by atoms with Crippen molar-refractivity contribution in [3.05, 3.63) is 59.7 Å². The summed E-state index contributed by atoms with van der Waals surface area (Å²) in [6, 6.07) is 7.39. The van der Waals surface area contributed by atoms with Crippen LogP contribution in [0.25, 0.3) is 11.1 Å². The Hall–Kier alpha value is -2.61. The van der Waals surface area contributed by atoms with Gasteiger partial charge in [-0.15, -0.1) is 0 Å². The van der Waals surface area contributed by atoms with Gasteiger partial charge in [0.25, 0.3) is 0 Å². The van der Waals surface area contributed by atoms with Crippen LogP contribution in [0.3, 0.4) is 0 Å². The van der Waals surface area contributed by atoms with Crippen LogP contribution in [-0.4, -0.2) is 38.4 Å². The summed E-state index contributed by atoms with van der Waals surface area (Å²) < 4.78 is 39.2. The molecule has 142 valence electrons. The largest absolute Gasteiger partial charge is 0.416 e. The average Bonchev–Trinajstić information content (AvgIpc) is 3.33. The van der Waals surface area contributed by atoms with Gasteiger partial charge >= 0.3 is 6.18 Å². The van der Waals surface area contributed by atoms with E-state index in [2.05, 4.69) is 25.3 Å². The Bertz CT molecular complexity index is 885. The first-order chi connectivity index (χ1) is 13.0. The van der Waals surface area contributed by atoms with Gasteiger partial charge in [0.1, 0.15) is 0 Å². The van der Waals surface area contributed by atoms with Crippen molar-refractivity contribution >= 4 is 0 Å². The summed E-state index contributed by atoms with van der Waals surface area (Å²) in [6.45, 7) is 2.60. The first kappa shape index (κ1) is 17.8. The molecule has 0 bridgehead atoms. The highest BCUT2D eigenvalue weighted by atomic mass is 19.4. The summed E-state index contributed by atoms with van der Waals surface area (Å²) >= 11 is 0. The zero-order chi connectivity index (χ0) is 18.9. The molecule has 1 atom stereocenters. The lowest BCUT2D eigenvalue weighted by Crippen LogP contribution is -2.34. The lowest BCUT2D eigenvalue weighted by Gasteiger charge is -2.32. The summed E-state index contributed by atoms with van der Waals surface area (Å²) in [7, 11) is 0. The quantitative estimate of drug-likeness (QED) is 0.719. The van der Waals surface area contributed by atoms with Crippen LogP contribution in [0, 0.1) is 0 Å². The SMILES string of the molecule is FC(F)(F)c1cccc(-c2cn[nH]c2C2CCCN(Cc3ccn[nH]3)C2)c1. The maximum Gasteiger partial charge on any atom is 0.416 e. The third-order valence-corrected chi connectivity index (χ3v) is 5.04. The van der Waals surface area contributed by atoms with Crippen molar-refractivity contribution in [3.63, 3.8) is 0 Å². The first-order valence-corrected chi connectivity index (χ1v) is 8.92. The molecular weight excluding hydrogens is 355 g/mol. The number of benzene rings is 1. The van der Waals surface area contributed by atoms with Crippen LogP contribution in [-0.2, 0) is 12.7 Å². The van der Waals surface area contributed by atoms with Gasteiger partial charge in [0.15, 0.2) is 0 Å². The predicted molar refractivity (Wildman–Crippen MR) is 94.9 cm³/mol. The summed E-state index contributed by atoms with van der Waals surface area (Å²) in [5, 5.41) is 14.1. The van der Waals surface area contributed by atoms with Crippen molar-refractivity contribution < 1.29 is 13.2 Å². The van der Waals surface area contributed by atoms with Gasteiger partial charge in [-0.3, -0.25) is 15.1 Å². The van der Waals surface area contributed by atoms with E-state index in [1.165, 1.54) is 12.1 Å². The van der Waals surface area contributed by atoms with Crippen LogP contribution in [0.2, 0.25) is 0 Å². The number of rotatable bonds is 4. The molecule has 0 radical (unpaired) electrons. The normalized spacial score (nSPS) is 18.7. The standard InChI is InChI=1S/C19H20F3N5/c20-19(21,22)15-5-1-3-13(9-15)17-10-24-26-18(17)14-4-2-8-27(11-14)12-16-6-7-23-25-16/h1,3,5-7,9-10,14H,2,4,8,11-12H2,(H,23,25)(H,24,26). The molecule has 0 spiro atoms. The number of aromatic nitrogens is 4. The van der Waals surface area contributed by atoms with Crippen molar-refractivity contribution in [2.45, 2.75) is 31.5 Å². The predicted octanol–water partition coefficient (Wildman–Crippen LogP) is 4.20. The molecule has 3 aromatic rings. The van der Waals surface area contributed by atoms with Gasteiger partial charge in [-0.1, -0.05) is 12.1 Å². The van der Waals surface area contributed by atoms with E-state index >= 15 is 0 Å². The molecule has 1 fully saturated rings. The molecule has 1 aliphatic rings. The number of hydrogen-bond donors (Lipinski definition) is 2. The van der Waals surface area contributed by atoms with Gasteiger partial charge in [-0.25, -0.2) is 0 Å². The molecule has 1 aromatic carbocycles. The Kier molecular flexibility index (Phi) is 4.73. The van der Waals surface area contributed by atoms with E-state index in [0.717, 1.165) is 55.5 Å². The molecule has 1 saturated heterocycles. The van der Waals surface area contributed by atoms with Crippen LogP contribution >= 0.6 is 0 Å². The highest BCUT2D eigenvalue weighted by Crippen LogP contribution is 2.36. The number of hydrogen-bond acceptors (Lipinski definition) is 3. The maximum absolute atomic E-state index is 13.1. The summed E-state index contributed by atoms with van der Waals surface area (Å²) in [6.07, 6.45) is 1.01. The Labute approximate surface area is 154 Å². The second-order valence-corrected chi connectivity index (χ2v) is 6.93. The van der Waals surface area contributed by atoms with Gasteiger partial charge < -0.3 is 0 Å². The van der Waals surface area contributed by atoms with E-state index in [1.54, 1.807) is 18.5 Å². The van der Waals surface area contributed by atoms with Gasteiger partial charge in [0.05, 0.1) is 11.8 Å². The van der Waals surface area contributed by atoms with Crippen molar-refractivity contribution in [1.29, 1.82) is 0 Å². The number of H-pyrrole nitrogens is 2. The Balaban J connectivity index is 1.56. The summed E-state index contributed by atoms with van der Waals surface area (Å²) in [5.74, 6) is 0.203. The fraction of sp³-hybridized carbons (Fsp3) is 0.368. The van der Waals surface area contributed by atoms with Crippen LogP contribution < -0.4 is 0 Å². The van der Waals surface area contributed by atoms with E-state index in [1.807, 2.05) is 6.07 Å². The molecule has 1 aliphatic heterocycles. The third-order valence-electron chi connectivity index (χ3n) is 5.04. The zero-order valence-electron chi connectivity index (χ0n) is 14.6. The van der Waals surface area contributed by atoms with E-state index in [-0.39, 0.29) is 5.92 Å². The minimum Gasteiger partial charge on any atom is -0.297 e. The minimum atomic E-state index is -4.36. The number of piperidine rings is 1. The van der Waals surface area contributed by atoms with Gasteiger partial charge in [-0.2, -0.15) is 23.4 Å². The lowest BCUT2D eigenvalue weighted by atomic mass is 9.90. The van der Waals surface area contributed by atoms with Gasteiger partial charge in [-0.05, 0) is 43.1 Å². The highest BCUT2D eigenvalue weighted by molar-refractivity contribution is 5.66. The number of nitrogens with one attached hydrogen (secondary N) is 2. The molecule has 5 nitrogen and oxygen atoms in total. The second kappa shape index (κ2) is 7.19. The molecule has 4 rings (SSSR count). The topological polar surface area (TPSA) is 60.6 Å². The zero-order valence-corrected chi connectivity index (χ0v) is 14.6. The molecule has 0 amide bonds. The maximum atomic E-state index is 13.1. The fourth-order valence-corrected chi connectivity index (χ4v) is 3.75. The molecular formula is C19H20F3N5. The highest BCUT2D eigenvalue weighted by Gasteiger charge is 2.31. The fourth-order valence-electron chi connectivity index (χ4n) is 3.75. The van der Waals surface area contributed by atoms with Crippen LogP contribution in [0.4, 0.5) is 13.2 Å². The lowest BCUT2D eigenvalue weighted by molar-refractivity contribution is -0.137. The van der Waals surface area contributed by atoms with Crippen LogP contribution in [0.5, 0.6) is 0 Å². The number of alkyl halides is 3. The smallest absolute Gasteiger partial charge is 0.297 e. The van der Waals surface area contributed by atoms with Gasteiger partial charge in [0, 0.05) is 42.2 Å². The Morgan fingerprint density at radius 3 is 2.81 bits per heavy atom. The van der Waals surface area contributed by atoms with Crippen LogP contribution in [0.1, 0.15) is 35.7 Å². The molecule has 8 heteroatoms. The molecule has 0 aliphatic carbocycles. The number of halogens is 3. The van der Waals surface area contributed by atoms with E-state index in [0.29, 0.717) is 5.56 Å². The van der Waals surface area contributed by atoms with Crippen molar-refractivity contribution in [2.75, 3.05) is 13.1 Å². The number of nitrogens with zero attached hydrogens (tertiary/aromatic N) is 3. The van der Waals surface area contributed by atoms with Crippen molar-refractivity contribution in [2.24, 2.45) is 0 Å². The third kappa shape index (κ3) is 3.90. The second-order valence-electron chi connectivity index (χ2n) is 6.93. The Morgan fingerprint density at radius 1 is 1.15 bits per heavy atom. The molecule has 1 unspecified atom stereocenters. The molecule has 27 heavy (non-hydrogen) atoms. The molecule has 2 N–H and O–H groups in total. The monoisotopic (exact) mass is 375 g/mol.